The number of carbonyl (C=O) groups excluding carboxylic acids is 2. The van der Waals surface area contributed by atoms with Gasteiger partial charge in [0.2, 0.25) is 0 Å². The van der Waals surface area contributed by atoms with Gasteiger partial charge in [0.1, 0.15) is 11.4 Å². The third-order valence-electron chi connectivity index (χ3n) is 1.60. The maximum absolute atomic E-state index is 11.4. The molecule has 1 aromatic rings. The number of carbonyl (C=O) groups is 2. The van der Waals surface area contributed by atoms with Crippen LogP contribution in [0.1, 0.15) is 38.3 Å². The quantitative estimate of drug-likeness (QED) is 0.796. The third-order valence-corrected chi connectivity index (χ3v) is 1.60. The predicted octanol–water partition coefficient (Wildman–Crippen LogP) is 2.03. The Morgan fingerprint density at radius 3 is 2.53 bits per heavy atom. The Morgan fingerprint density at radius 2 is 2.00 bits per heavy atom. The Balaban J connectivity index is 2.72. The first-order valence-corrected chi connectivity index (χ1v) is 5.12. The van der Waals surface area contributed by atoms with E-state index in [9.17, 15) is 9.59 Å². The number of amides is 1. The van der Waals surface area contributed by atoms with Crippen molar-refractivity contribution >= 4 is 17.7 Å². The van der Waals surface area contributed by atoms with Crippen LogP contribution in [0.3, 0.4) is 0 Å². The molecule has 0 aromatic carbocycles. The number of hydrogen-bond donors (Lipinski definition) is 1. The minimum atomic E-state index is -0.620. The van der Waals surface area contributed by atoms with Gasteiger partial charge in [-0.1, -0.05) is 0 Å². The summed E-state index contributed by atoms with van der Waals surface area (Å²) in [5, 5.41) is 2.43. The minimum absolute atomic E-state index is 0.0542. The molecule has 1 rings (SSSR count). The molecule has 1 heterocycles. The molecule has 0 unspecified atom stereocenters. The van der Waals surface area contributed by atoms with Crippen LogP contribution in [0.25, 0.3) is 0 Å². The Hall–Kier alpha value is -1.98. The lowest BCUT2D eigenvalue weighted by Gasteiger charge is -2.19. The van der Waals surface area contributed by atoms with E-state index in [1.165, 1.54) is 19.2 Å². The van der Waals surface area contributed by atoms with Crippen molar-refractivity contribution in [2.75, 3.05) is 5.32 Å². The summed E-state index contributed by atoms with van der Waals surface area (Å²) in [5.41, 5.74) is -0.583. The zero-order valence-electron chi connectivity index (χ0n) is 10.3. The normalized spacial score (nSPS) is 10.8. The molecule has 0 spiro atoms. The number of anilines is 1. The predicted molar refractivity (Wildman–Crippen MR) is 61.9 cm³/mol. The summed E-state index contributed by atoms with van der Waals surface area (Å²) in [6.45, 7) is 6.63. The maximum atomic E-state index is 11.4. The standard InChI is InChI=1S/C11H15N3O3/c1-7(15)9-12-6-5-8(13-9)14-10(16)17-11(2,3)4/h5-6H,1-4H3,(H,12,13,14,16). The largest absolute Gasteiger partial charge is 0.444 e. The van der Waals surface area contributed by atoms with Crippen LogP contribution in [0.5, 0.6) is 0 Å². The molecule has 0 saturated carbocycles. The van der Waals surface area contributed by atoms with Crippen molar-refractivity contribution in [1.29, 1.82) is 0 Å². The molecule has 0 aliphatic carbocycles. The molecule has 0 aliphatic rings. The molecule has 1 amide bonds. The molecule has 1 aromatic heterocycles. The van der Waals surface area contributed by atoms with E-state index in [0.29, 0.717) is 0 Å². The fraction of sp³-hybridized carbons (Fsp3) is 0.455. The van der Waals surface area contributed by atoms with E-state index in [2.05, 4.69) is 15.3 Å². The Labute approximate surface area is 99.4 Å². The zero-order chi connectivity index (χ0) is 13.1. The highest BCUT2D eigenvalue weighted by atomic mass is 16.6. The minimum Gasteiger partial charge on any atom is -0.444 e. The summed E-state index contributed by atoms with van der Waals surface area (Å²) in [4.78, 5) is 30.1. The number of ether oxygens (including phenoxy) is 1. The van der Waals surface area contributed by atoms with Crippen LogP contribution >= 0.6 is 0 Å². The molecule has 0 radical (unpaired) electrons. The lowest BCUT2D eigenvalue weighted by atomic mass is 10.2. The van der Waals surface area contributed by atoms with Crippen molar-refractivity contribution in [3.63, 3.8) is 0 Å². The average molecular weight is 237 g/mol. The van der Waals surface area contributed by atoms with Crippen molar-refractivity contribution in [3.8, 4) is 0 Å². The molecule has 0 saturated heterocycles. The second kappa shape index (κ2) is 4.90. The van der Waals surface area contributed by atoms with Crippen LogP contribution in [-0.4, -0.2) is 27.4 Å². The monoisotopic (exact) mass is 237 g/mol. The summed E-state index contributed by atoms with van der Waals surface area (Å²) in [5.74, 6) is 0.0239. The molecule has 6 heteroatoms. The first kappa shape index (κ1) is 13.1. The van der Waals surface area contributed by atoms with Gasteiger partial charge in [-0.2, -0.15) is 0 Å². The van der Waals surface area contributed by atoms with Gasteiger partial charge in [0.05, 0.1) is 0 Å². The van der Waals surface area contributed by atoms with Crippen molar-refractivity contribution < 1.29 is 14.3 Å². The van der Waals surface area contributed by atoms with Gasteiger partial charge in [0, 0.05) is 13.1 Å². The van der Waals surface area contributed by atoms with Crippen LogP contribution in [0, 0.1) is 0 Å². The summed E-state index contributed by atoms with van der Waals surface area (Å²) in [6, 6.07) is 1.48. The summed E-state index contributed by atoms with van der Waals surface area (Å²) >= 11 is 0. The highest BCUT2D eigenvalue weighted by molar-refractivity contribution is 5.91. The highest BCUT2D eigenvalue weighted by Crippen LogP contribution is 2.09. The zero-order valence-corrected chi connectivity index (χ0v) is 10.3. The van der Waals surface area contributed by atoms with E-state index in [4.69, 9.17) is 4.74 Å². The number of ketones is 1. The third kappa shape index (κ3) is 4.58. The summed E-state index contributed by atoms with van der Waals surface area (Å²) in [6.07, 6.45) is 0.780. The number of Topliss-reactive ketones (excluding diaryl/α,β-unsaturated/α-hetero) is 1. The first-order chi connectivity index (χ1) is 7.78. The van der Waals surface area contributed by atoms with Crippen LogP contribution in [0.4, 0.5) is 10.6 Å². The lowest BCUT2D eigenvalue weighted by molar-refractivity contribution is 0.0635. The molecule has 6 nitrogen and oxygen atoms in total. The molecule has 0 aliphatic heterocycles. The van der Waals surface area contributed by atoms with E-state index in [1.54, 1.807) is 20.8 Å². The van der Waals surface area contributed by atoms with Gasteiger partial charge in [-0.3, -0.25) is 10.1 Å². The van der Waals surface area contributed by atoms with Crippen molar-refractivity contribution in [1.82, 2.24) is 9.97 Å². The van der Waals surface area contributed by atoms with Gasteiger partial charge in [-0.15, -0.1) is 0 Å². The van der Waals surface area contributed by atoms with E-state index in [1.807, 2.05) is 0 Å². The molecule has 0 fully saturated rings. The van der Waals surface area contributed by atoms with E-state index in [0.717, 1.165) is 0 Å². The van der Waals surface area contributed by atoms with Gasteiger partial charge in [0.15, 0.2) is 11.6 Å². The van der Waals surface area contributed by atoms with Gasteiger partial charge >= 0.3 is 6.09 Å². The van der Waals surface area contributed by atoms with Crippen molar-refractivity contribution in [2.45, 2.75) is 33.3 Å². The summed E-state index contributed by atoms with van der Waals surface area (Å²) < 4.78 is 5.05. The van der Waals surface area contributed by atoms with Gasteiger partial charge in [0.25, 0.3) is 0 Å². The van der Waals surface area contributed by atoms with Gasteiger partial charge in [-0.05, 0) is 26.8 Å². The Kier molecular flexibility index (Phi) is 3.77. The Bertz CT molecular complexity index is 438. The van der Waals surface area contributed by atoms with Crippen LogP contribution in [-0.2, 0) is 4.74 Å². The van der Waals surface area contributed by atoms with E-state index in [-0.39, 0.29) is 17.4 Å². The van der Waals surface area contributed by atoms with Crippen LogP contribution in [0.2, 0.25) is 0 Å². The summed E-state index contributed by atoms with van der Waals surface area (Å²) in [7, 11) is 0. The van der Waals surface area contributed by atoms with Crippen molar-refractivity contribution in [3.05, 3.63) is 18.1 Å². The molecule has 1 N–H and O–H groups in total. The van der Waals surface area contributed by atoms with Crippen LogP contribution < -0.4 is 5.32 Å². The molecule has 17 heavy (non-hydrogen) atoms. The topological polar surface area (TPSA) is 81.2 Å². The molecular weight excluding hydrogens is 222 g/mol. The average Bonchev–Trinajstić information content (AvgIpc) is 2.14. The number of aromatic nitrogens is 2. The molecule has 0 atom stereocenters. The number of rotatable bonds is 2. The maximum Gasteiger partial charge on any atom is 0.413 e. The number of nitrogens with one attached hydrogen (secondary N) is 1. The van der Waals surface area contributed by atoms with Crippen molar-refractivity contribution in [2.24, 2.45) is 0 Å². The smallest absolute Gasteiger partial charge is 0.413 e. The first-order valence-electron chi connectivity index (χ1n) is 5.12. The second-order valence-electron chi connectivity index (χ2n) is 4.45. The Morgan fingerprint density at radius 1 is 1.35 bits per heavy atom. The fourth-order valence-electron chi connectivity index (χ4n) is 1.01. The molecular formula is C11H15N3O3. The SMILES string of the molecule is CC(=O)c1nccc(NC(=O)OC(C)(C)C)n1. The second-order valence-corrected chi connectivity index (χ2v) is 4.45. The highest BCUT2D eigenvalue weighted by Gasteiger charge is 2.16. The van der Waals surface area contributed by atoms with Gasteiger partial charge in [-0.25, -0.2) is 14.8 Å². The van der Waals surface area contributed by atoms with E-state index < -0.39 is 11.7 Å². The van der Waals surface area contributed by atoms with Crippen LogP contribution in [0.15, 0.2) is 12.3 Å². The number of nitrogens with zero attached hydrogens (tertiary/aromatic N) is 2. The van der Waals surface area contributed by atoms with Gasteiger partial charge < -0.3 is 4.74 Å². The fourth-order valence-corrected chi connectivity index (χ4v) is 1.01. The van der Waals surface area contributed by atoms with E-state index >= 15 is 0 Å². The number of hydrogen-bond acceptors (Lipinski definition) is 5. The molecule has 92 valence electrons. The molecule has 0 bridgehead atoms. The lowest BCUT2D eigenvalue weighted by Crippen LogP contribution is -2.27.